The predicted octanol–water partition coefficient (Wildman–Crippen LogP) is 3.28. The van der Waals surface area contributed by atoms with E-state index >= 15 is 0 Å². The minimum absolute atomic E-state index is 0. The number of rotatable bonds is 9. The Labute approximate surface area is 153 Å². The molecular formula is C18H24O3Pb. The molecule has 0 aliphatic carbocycles. The molecule has 0 fully saturated rings. The van der Waals surface area contributed by atoms with Crippen LogP contribution >= 0.6 is 0 Å². The van der Waals surface area contributed by atoms with E-state index in [0.29, 0.717) is 19.8 Å². The summed E-state index contributed by atoms with van der Waals surface area (Å²) in [5.41, 5.74) is 3.45. The maximum atomic E-state index is 5.06. The summed E-state index contributed by atoms with van der Waals surface area (Å²) in [6, 6.07) is 6.34. The summed E-state index contributed by atoms with van der Waals surface area (Å²) in [4.78, 5) is 0. The van der Waals surface area contributed by atoms with Crippen molar-refractivity contribution in [1.82, 2.24) is 0 Å². The van der Waals surface area contributed by atoms with Gasteiger partial charge in [-0.3, -0.25) is 0 Å². The van der Waals surface area contributed by atoms with Crippen molar-refractivity contribution in [3.63, 3.8) is 0 Å². The van der Waals surface area contributed by atoms with Crippen LogP contribution in [0.3, 0.4) is 0 Å². The topological polar surface area (TPSA) is 27.7 Å². The van der Waals surface area contributed by atoms with Gasteiger partial charge in [-0.2, -0.15) is 0 Å². The Hall–Kier alpha value is -0.758. The van der Waals surface area contributed by atoms with E-state index < -0.39 is 0 Å². The molecule has 0 aliphatic heterocycles. The molecule has 1 aromatic carbocycles. The van der Waals surface area contributed by atoms with E-state index in [4.69, 9.17) is 14.2 Å². The average molecular weight is 496 g/mol. The number of benzene rings is 1. The summed E-state index contributed by atoms with van der Waals surface area (Å²) in [5.74, 6) is 0. The van der Waals surface area contributed by atoms with Crippen LogP contribution < -0.4 is 0 Å². The van der Waals surface area contributed by atoms with Gasteiger partial charge < -0.3 is 14.2 Å². The van der Waals surface area contributed by atoms with Crippen LogP contribution in [0.4, 0.5) is 0 Å². The minimum atomic E-state index is 0. The summed E-state index contributed by atoms with van der Waals surface area (Å²) in [5, 5.41) is 0. The molecule has 0 amide bonds. The Morgan fingerprint density at radius 2 is 1.23 bits per heavy atom. The third-order valence-corrected chi connectivity index (χ3v) is 2.80. The second-order valence-corrected chi connectivity index (χ2v) is 4.46. The summed E-state index contributed by atoms with van der Waals surface area (Å²) in [7, 11) is 5.06. The van der Waals surface area contributed by atoms with E-state index in [-0.39, 0.29) is 27.3 Å². The Morgan fingerprint density at radius 1 is 0.727 bits per heavy atom. The van der Waals surface area contributed by atoms with Crippen LogP contribution in [0, 0.1) is 0 Å². The maximum Gasteiger partial charge on any atom is 0.0646 e. The second-order valence-electron chi connectivity index (χ2n) is 4.46. The van der Waals surface area contributed by atoms with Crippen LogP contribution in [0.5, 0.6) is 0 Å². The first-order valence-corrected chi connectivity index (χ1v) is 6.92. The van der Waals surface area contributed by atoms with Crippen LogP contribution in [0.15, 0.2) is 36.4 Å². The van der Waals surface area contributed by atoms with Gasteiger partial charge in [0, 0.05) is 48.6 Å². The average Bonchev–Trinajstić information content (AvgIpc) is 2.50. The SMILES string of the molecule is COC/C=C/c1ccc(/C=C/COC)c(/C=C/COC)c1.[Pb]. The smallest absolute Gasteiger partial charge is 0.0646 e. The third kappa shape index (κ3) is 8.63. The second kappa shape index (κ2) is 13.9. The molecule has 0 heterocycles. The Bertz CT molecular complexity index is 493. The molecule has 0 bridgehead atoms. The fourth-order valence-corrected chi connectivity index (χ4v) is 1.82. The van der Waals surface area contributed by atoms with Gasteiger partial charge in [0.2, 0.25) is 0 Å². The van der Waals surface area contributed by atoms with E-state index in [2.05, 4.69) is 36.4 Å². The molecule has 0 N–H and O–H groups in total. The zero-order chi connectivity index (χ0) is 15.3. The van der Waals surface area contributed by atoms with Crippen molar-refractivity contribution in [1.29, 1.82) is 0 Å². The monoisotopic (exact) mass is 496 g/mol. The molecule has 0 aromatic heterocycles. The van der Waals surface area contributed by atoms with Gasteiger partial charge in [-0.15, -0.1) is 0 Å². The van der Waals surface area contributed by atoms with Gasteiger partial charge in [0.25, 0.3) is 0 Å². The molecule has 3 nitrogen and oxygen atoms in total. The molecule has 118 valence electrons. The quantitative estimate of drug-likeness (QED) is 0.493. The molecule has 0 aliphatic rings. The molecular weight excluding hydrogens is 471 g/mol. The van der Waals surface area contributed by atoms with Crippen LogP contribution in [-0.4, -0.2) is 68.4 Å². The first kappa shape index (κ1) is 21.2. The van der Waals surface area contributed by atoms with E-state index in [1.54, 1.807) is 21.3 Å². The first-order chi connectivity index (χ1) is 10.3. The fraction of sp³-hybridized carbons (Fsp3) is 0.333. The molecule has 22 heavy (non-hydrogen) atoms. The maximum absolute atomic E-state index is 5.06. The van der Waals surface area contributed by atoms with Gasteiger partial charge in [-0.25, -0.2) is 0 Å². The van der Waals surface area contributed by atoms with Gasteiger partial charge >= 0.3 is 0 Å². The summed E-state index contributed by atoms with van der Waals surface area (Å²) in [6.45, 7) is 1.83. The number of hydrogen-bond donors (Lipinski definition) is 0. The van der Waals surface area contributed by atoms with Crippen LogP contribution in [-0.2, 0) is 14.2 Å². The molecule has 0 unspecified atom stereocenters. The van der Waals surface area contributed by atoms with Crippen molar-refractivity contribution in [2.45, 2.75) is 0 Å². The van der Waals surface area contributed by atoms with Crippen molar-refractivity contribution < 1.29 is 14.2 Å². The minimum Gasteiger partial charge on any atom is -0.381 e. The molecule has 4 heteroatoms. The van der Waals surface area contributed by atoms with E-state index in [9.17, 15) is 0 Å². The third-order valence-electron chi connectivity index (χ3n) is 2.80. The van der Waals surface area contributed by atoms with Crippen molar-refractivity contribution in [2.24, 2.45) is 0 Å². The molecule has 0 spiro atoms. The van der Waals surface area contributed by atoms with E-state index in [0.717, 1.165) is 16.7 Å². The summed E-state index contributed by atoms with van der Waals surface area (Å²) >= 11 is 0. The van der Waals surface area contributed by atoms with Gasteiger partial charge in [0.05, 0.1) is 19.8 Å². The number of hydrogen-bond acceptors (Lipinski definition) is 3. The standard InChI is InChI=1S/C18H24O3.Pb/c1-19-12-4-7-16-10-11-17(8-5-13-20-2)18(15-16)9-6-14-21-3;/h4-11,15H,12-14H2,1-3H3;/b7-4+,8-5+,9-6+;. The van der Waals surface area contributed by atoms with Crippen LogP contribution in [0.25, 0.3) is 18.2 Å². The van der Waals surface area contributed by atoms with Crippen molar-refractivity contribution in [3.05, 3.63) is 53.1 Å². The molecule has 4 radical (unpaired) electrons. The van der Waals surface area contributed by atoms with Crippen molar-refractivity contribution in [3.8, 4) is 0 Å². The van der Waals surface area contributed by atoms with Gasteiger partial charge in [-0.05, 0) is 22.8 Å². The zero-order valence-electron chi connectivity index (χ0n) is 13.5. The van der Waals surface area contributed by atoms with Crippen LogP contribution in [0.1, 0.15) is 16.7 Å². The molecule has 0 atom stereocenters. The molecule has 0 saturated heterocycles. The number of ether oxygens (including phenoxy) is 3. The molecule has 1 rings (SSSR count). The van der Waals surface area contributed by atoms with E-state index in [1.165, 1.54) is 0 Å². The normalized spacial score (nSPS) is 11.6. The summed E-state index contributed by atoms with van der Waals surface area (Å²) in [6.07, 6.45) is 12.2. The Morgan fingerprint density at radius 3 is 1.77 bits per heavy atom. The van der Waals surface area contributed by atoms with Gasteiger partial charge in [-0.1, -0.05) is 48.6 Å². The first-order valence-electron chi connectivity index (χ1n) is 6.92. The largest absolute Gasteiger partial charge is 0.381 e. The van der Waals surface area contributed by atoms with Crippen molar-refractivity contribution in [2.75, 3.05) is 41.2 Å². The summed E-state index contributed by atoms with van der Waals surface area (Å²) < 4.78 is 15.1. The molecule has 1 aromatic rings. The number of methoxy groups -OCH3 is 3. The fourth-order valence-electron chi connectivity index (χ4n) is 1.82. The zero-order valence-corrected chi connectivity index (χ0v) is 17.4. The Kier molecular flexibility index (Phi) is 13.4. The van der Waals surface area contributed by atoms with Gasteiger partial charge in [0.1, 0.15) is 0 Å². The molecule has 0 saturated carbocycles. The Balaban J connectivity index is 0.00000441. The predicted molar refractivity (Wildman–Crippen MR) is 94.9 cm³/mol. The van der Waals surface area contributed by atoms with Crippen LogP contribution in [0.2, 0.25) is 0 Å². The van der Waals surface area contributed by atoms with E-state index in [1.807, 2.05) is 18.2 Å². The van der Waals surface area contributed by atoms with Crippen molar-refractivity contribution >= 4 is 45.5 Å². The van der Waals surface area contributed by atoms with Gasteiger partial charge in [0.15, 0.2) is 0 Å².